The Bertz CT molecular complexity index is 198. The zero-order valence-electron chi connectivity index (χ0n) is 9.53. The van der Waals surface area contributed by atoms with Gasteiger partial charge in [0.1, 0.15) is 4.84 Å². The van der Waals surface area contributed by atoms with Crippen molar-refractivity contribution < 1.29 is 15.0 Å². The first kappa shape index (κ1) is 16.0. The van der Waals surface area contributed by atoms with E-state index in [9.17, 15) is 9.90 Å². The smallest absolute Gasteiger partial charge is 0.303 e. The molecule has 0 bridgehead atoms. The average molecular weight is 271 g/mol. The Morgan fingerprint density at radius 3 is 2.38 bits per heavy atom. The molecule has 2 atom stereocenters. The summed E-state index contributed by atoms with van der Waals surface area (Å²) < 4.78 is 0. The van der Waals surface area contributed by atoms with Crippen molar-refractivity contribution in [3.8, 4) is 0 Å². The number of rotatable bonds is 9. The van der Waals surface area contributed by atoms with E-state index in [0.717, 1.165) is 25.7 Å². The molecule has 0 fully saturated rings. The molecule has 3 nitrogen and oxygen atoms in total. The van der Waals surface area contributed by atoms with Crippen LogP contribution >= 0.6 is 23.2 Å². The quantitative estimate of drug-likeness (QED) is 0.500. The minimum Gasteiger partial charge on any atom is -0.481 e. The van der Waals surface area contributed by atoms with Gasteiger partial charge in [0.2, 0.25) is 0 Å². The third kappa shape index (κ3) is 8.20. The number of carboxylic acids is 1. The van der Waals surface area contributed by atoms with Gasteiger partial charge in [-0.3, -0.25) is 4.79 Å². The molecule has 0 heterocycles. The molecule has 5 heteroatoms. The minimum absolute atomic E-state index is 0.0425. The molecule has 0 radical (unpaired) electrons. The highest BCUT2D eigenvalue weighted by Crippen LogP contribution is 2.23. The number of halogens is 2. The fourth-order valence-corrected chi connectivity index (χ4v) is 1.88. The number of alkyl halides is 2. The molecule has 0 aliphatic rings. The Kier molecular flexibility index (Phi) is 9.09. The van der Waals surface area contributed by atoms with Crippen molar-refractivity contribution >= 4 is 29.2 Å². The molecule has 0 aliphatic heterocycles. The van der Waals surface area contributed by atoms with Gasteiger partial charge in [-0.15, -0.1) is 23.2 Å². The maximum absolute atomic E-state index is 10.6. The largest absolute Gasteiger partial charge is 0.481 e. The van der Waals surface area contributed by atoms with Gasteiger partial charge in [0, 0.05) is 6.42 Å². The van der Waals surface area contributed by atoms with E-state index in [2.05, 4.69) is 6.92 Å². The maximum Gasteiger partial charge on any atom is 0.303 e. The molecule has 2 unspecified atom stereocenters. The normalized spacial score (nSPS) is 15.1. The second kappa shape index (κ2) is 9.08. The summed E-state index contributed by atoms with van der Waals surface area (Å²) >= 11 is 11.1. The first-order valence-electron chi connectivity index (χ1n) is 5.65. The molecule has 0 rings (SSSR count). The van der Waals surface area contributed by atoms with Gasteiger partial charge in [-0.1, -0.05) is 26.2 Å². The van der Waals surface area contributed by atoms with Crippen LogP contribution in [0.1, 0.15) is 45.4 Å². The van der Waals surface area contributed by atoms with Crippen LogP contribution in [0, 0.1) is 5.92 Å². The lowest BCUT2D eigenvalue weighted by atomic mass is 9.92. The van der Waals surface area contributed by atoms with Crippen LogP contribution in [0.2, 0.25) is 0 Å². The lowest BCUT2D eigenvalue weighted by Crippen LogP contribution is -2.21. The monoisotopic (exact) mass is 270 g/mol. The van der Waals surface area contributed by atoms with E-state index in [4.69, 9.17) is 28.3 Å². The molecule has 0 saturated heterocycles. The molecule has 0 aromatic heterocycles. The number of aliphatic carboxylic acids is 1. The molecule has 0 aliphatic carbocycles. The van der Waals surface area contributed by atoms with Gasteiger partial charge in [-0.25, -0.2) is 0 Å². The summed E-state index contributed by atoms with van der Waals surface area (Å²) in [5.74, 6) is -0.881. The Balaban J connectivity index is 4.03. The first-order valence-corrected chi connectivity index (χ1v) is 6.52. The number of carbonyl (C=O) groups is 1. The van der Waals surface area contributed by atoms with Crippen LogP contribution in [0.3, 0.4) is 0 Å². The zero-order chi connectivity index (χ0) is 12.6. The first-order chi connectivity index (χ1) is 7.47. The Labute approximate surface area is 107 Å². The van der Waals surface area contributed by atoms with E-state index >= 15 is 0 Å². The van der Waals surface area contributed by atoms with Crippen molar-refractivity contribution in [2.75, 3.05) is 0 Å². The third-order valence-corrected chi connectivity index (χ3v) is 3.13. The van der Waals surface area contributed by atoms with E-state index in [1.54, 1.807) is 0 Å². The van der Waals surface area contributed by atoms with Crippen molar-refractivity contribution in [2.45, 2.75) is 56.4 Å². The van der Waals surface area contributed by atoms with Gasteiger partial charge in [-0.2, -0.15) is 0 Å². The van der Waals surface area contributed by atoms with Gasteiger partial charge < -0.3 is 10.2 Å². The summed E-state index contributed by atoms with van der Waals surface area (Å²) in [5, 5.41) is 18.3. The Morgan fingerprint density at radius 1 is 1.31 bits per heavy atom. The summed E-state index contributed by atoms with van der Waals surface area (Å²) in [4.78, 5) is 9.80. The van der Waals surface area contributed by atoms with E-state index in [0.29, 0.717) is 6.42 Å². The van der Waals surface area contributed by atoms with Crippen LogP contribution in [-0.4, -0.2) is 27.1 Å². The van der Waals surface area contributed by atoms with Crippen LogP contribution in [0.4, 0.5) is 0 Å². The van der Waals surface area contributed by atoms with Crippen molar-refractivity contribution in [1.29, 1.82) is 0 Å². The van der Waals surface area contributed by atoms with Crippen LogP contribution < -0.4 is 0 Å². The van der Waals surface area contributed by atoms with E-state index in [-0.39, 0.29) is 12.3 Å². The number of aliphatic hydroxyl groups is 1. The highest BCUT2D eigenvalue weighted by Gasteiger charge is 2.21. The van der Waals surface area contributed by atoms with Gasteiger partial charge in [0.25, 0.3) is 0 Å². The number of unbranched alkanes of at least 4 members (excludes halogenated alkanes) is 2. The van der Waals surface area contributed by atoms with Gasteiger partial charge in [0.15, 0.2) is 0 Å². The average Bonchev–Trinajstić information content (AvgIpc) is 2.16. The molecular weight excluding hydrogens is 251 g/mol. The highest BCUT2D eigenvalue weighted by atomic mass is 35.5. The second-order valence-corrected chi connectivity index (χ2v) is 5.26. The summed E-state index contributed by atoms with van der Waals surface area (Å²) in [7, 11) is 0. The fourth-order valence-electron chi connectivity index (χ4n) is 1.68. The van der Waals surface area contributed by atoms with Gasteiger partial charge in [-0.05, 0) is 18.8 Å². The number of carboxylic acid groups (broad SMARTS) is 1. The predicted molar refractivity (Wildman–Crippen MR) is 66.0 cm³/mol. The molecule has 2 N–H and O–H groups in total. The van der Waals surface area contributed by atoms with Crippen LogP contribution in [0.25, 0.3) is 0 Å². The molecule has 0 amide bonds. The molecule has 0 saturated carbocycles. The van der Waals surface area contributed by atoms with Crippen molar-refractivity contribution in [2.24, 2.45) is 5.92 Å². The summed E-state index contributed by atoms with van der Waals surface area (Å²) in [6.45, 7) is 2.09. The SMILES string of the molecule is CCCCCC(CC(=O)O)CC(O)C(Cl)Cl. The topological polar surface area (TPSA) is 57.5 Å². The second-order valence-electron chi connectivity index (χ2n) is 4.10. The number of hydrogen-bond donors (Lipinski definition) is 2. The van der Waals surface area contributed by atoms with Crippen molar-refractivity contribution in [3.63, 3.8) is 0 Å². The Hall–Kier alpha value is 0.01000. The van der Waals surface area contributed by atoms with Crippen LogP contribution in [-0.2, 0) is 4.79 Å². The van der Waals surface area contributed by atoms with Crippen LogP contribution in [0.15, 0.2) is 0 Å². The van der Waals surface area contributed by atoms with Crippen molar-refractivity contribution in [3.05, 3.63) is 0 Å². The molecule has 96 valence electrons. The third-order valence-electron chi connectivity index (χ3n) is 2.54. The number of aliphatic hydroxyl groups excluding tert-OH is 1. The lowest BCUT2D eigenvalue weighted by molar-refractivity contribution is -0.138. The van der Waals surface area contributed by atoms with Crippen LogP contribution in [0.5, 0.6) is 0 Å². The fraction of sp³-hybridized carbons (Fsp3) is 0.909. The van der Waals surface area contributed by atoms with E-state index < -0.39 is 16.9 Å². The molecule has 0 spiro atoms. The number of hydrogen-bond acceptors (Lipinski definition) is 2. The molecule has 0 aromatic carbocycles. The molecular formula is C11H20Cl2O3. The standard InChI is InChI=1S/C11H20Cl2O3/c1-2-3-4-5-8(7-10(15)16)6-9(14)11(12)13/h8-9,11,14H,2-7H2,1H3,(H,15,16). The maximum atomic E-state index is 10.6. The molecule has 16 heavy (non-hydrogen) atoms. The zero-order valence-corrected chi connectivity index (χ0v) is 11.0. The summed E-state index contributed by atoms with van der Waals surface area (Å²) in [6, 6.07) is 0. The minimum atomic E-state index is -0.845. The highest BCUT2D eigenvalue weighted by molar-refractivity contribution is 6.44. The predicted octanol–water partition coefficient (Wildman–Crippen LogP) is 3.21. The van der Waals surface area contributed by atoms with Crippen molar-refractivity contribution in [1.82, 2.24) is 0 Å². The van der Waals surface area contributed by atoms with E-state index in [1.165, 1.54) is 0 Å². The Morgan fingerprint density at radius 2 is 1.94 bits per heavy atom. The van der Waals surface area contributed by atoms with E-state index in [1.807, 2.05) is 0 Å². The van der Waals surface area contributed by atoms with Gasteiger partial charge in [0.05, 0.1) is 6.10 Å². The summed E-state index contributed by atoms with van der Waals surface area (Å²) in [5.41, 5.74) is 0. The molecule has 0 aromatic rings. The van der Waals surface area contributed by atoms with Gasteiger partial charge >= 0.3 is 5.97 Å². The summed E-state index contributed by atoms with van der Waals surface area (Å²) in [6.07, 6.45) is 3.55. The lowest BCUT2D eigenvalue weighted by Gasteiger charge is -2.19.